The maximum absolute atomic E-state index is 13.6. The molecule has 128 valence electrons. The molecule has 1 amide bonds. The average molecular weight is 345 g/mol. The van der Waals surface area contributed by atoms with Crippen LogP contribution in [0, 0.1) is 11.6 Å². The molecule has 3 rings (SSSR count). The standard InChI is InChI=1S/C16H13F2N5O2/c1-10(16(24)20-15-7-2-11(17)8-14(15)18)25-13-5-3-12(4-6-13)23-9-19-21-22-23/h2-10H,1H3,(H,20,24). The molecule has 3 aromatic rings. The average Bonchev–Trinajstić information content (AvgIpc) is 3.12. The van der Waals surface area contributed by atoms with Crippen molar-refractivity contribution in [3.63, 3.8) is 0 Å². The van der Waals surface area contributed by atoms with Gasteiger partial charge in [-0.3, -0.25) is 4.79 Å². The van der Waals surface area contributed by atoms with Gasteiger partial charge in [0.05, 0.1) is 11.4 Å². The number of carbonyl (C=O) groups excluding carboxylic acids is 1. The molecule has 0 spiro atoms. The normalized spacial score (nSPS) is 11.8. The zero-order valence-corrected chi connectivity index (χ0v) is 13.1. The third kappa shape index (κ3) is 3.94. The van der Waals surface area contributed by atoms with Crippen molar-refractivity contribution in [3.05, 3.63) is 60.4 Å². The summed E-state index contributed by atoms with van der Waals surface area (Å²) in [5.74, 6) is -1.69. The topological polar surface area (TPSA) is 81.9 Å². The van der Waals surface area contributed by atoms with Gasteiger partial charge in [0.15, 0.2) is 6.10 Å². The van der Waals surface area contributed by atoms with Crippen LogP contribution in [0.3, 0.4) is 0 Å². The number of amides is 1. The highest BCUT2D eigenvalue weighted by Crippen LogP contribution is 2.18. The van der Waals surface area contributed by atoms with Crippen molar-refractivity contribution >= 4 is 11.6 Å². The third-order valence-electron chi connectivity index (χ3n) is 3.32. The van der Waals surface area contributed by atoms with E-state index >= 15 is 0 Å². The minimum atomic E-state index is -0.886. The Hall–Kier alpha value is -3.36. The van der Waals surface area contributed by atoms with E-state index in [2.05, 4.69) is 20.8 Å². The number of benzene rings is 2. The van der Waals surface area contributed by atoms with Crippen molar-refractivity contribution in [2.45, 2.75) is 13.0 Å². The molecule has 1 heterocycles. The Balaban J connectivity index is 1.63. The van der Waals surface area contributed by atoms with Crippen LogP contribution >= 0.6 is 0 Å². The number of halogens is 2. The molecule has 0 radical (unpaired) electrons. The first-order chi connectivity index (χ1) is 12.0. The van der Waals surface area contributed by atoms with E-state index in [-0.39, 0.29) is 5.69 Å². The quantitative estimate of drug-likeness (QED) is 0.768. The number of carbonyl (C=O) groups is 1. The number of rotatable bonds is 5. The Morgan fingerprint density at radius 2 is 1.96 bits per heavy atom. The number of nitrogens with zero attached hydrogens (tertiary/aromatic N) is 4. The number of hydrogen-bond acceptors (Lipinski definition) is 5. The Kier molecular flexibility index (Phi) is 4.64. The van der Waals surface area contributed by atoms with E-state index in [1.165, 1.54) is 17.9 Å². The summed E-state index contributed by atoms with van der Waals surface area (Å²) in [5.41, 5.74) is 0.610. The van der Waals surface area contributed by atoms with Gasteiger partial charge in [0, 0.05) is 6.07 Å². The van der Waals surface area contributed by atoms with Crippen molar-refractivity contribution in [1.29, 1.82) is 0 Å². The monoisotopic (exact) mass is 345 g/mol. The maximum Gasteiger partial charge on any atom is 0.265 e. The largest absolute Gasteiger partial charge is 0.481 e. The highest BCUT2D eigenvalue weighted by atomic mass is 19.1. The van der Waals surface area contributed by atoms with Crippen LogP contribution in [0.25, 0.3) is 5.69 Å². The van der Waals surface area contributed by atoms with Crippen LogP contribution in [-0.2, 0) is 4.79 Å². The Morgan fingerprint density at radius 1 is 1.20 bits per heavy atom. The highest BCUT2D eigenvalue weighted by Gasteiger charge is 2.17. The molecule has 0 fully saturated rings. The minimum Gasteiger partial charge on any atom is -0.481 e. The van der Waals surface area contributed by atoms with Gasteiger partial charge < -0.3 is 10.1 Å². The fourth-order valence-electron chi connectivity index (χ4n) is 2.04. The second kappa shape index (κ2) is 7.04. The summed E-state index contributed by atoms with van der Waals surface area (Å²) in [7, 11) is 0. The lowest BCUT2D eigenvalue weighted by molar-refractivity contribution is -0.122. The lowest BCUT2D eigenvalue weighted by Gasteiger charge is -2.15. The van der Waals surface area contributed by atoms with E-state index in [9.17, 15) is 13.6 Å². The molecule has 1 unspecified atom stereocenters. The number of aromatic nitrogens is 4. The zero-order valence-electron chi connectivity index (χ0n) is 13.1. The number of hydrogen-bond donors (Lipinski definition) is 1. The van der Waals surface area contributed by atoms with E-state index < -0.39 is 23.6 Å². The summed E-state index contributed by atoms with van der Waals surface area (Å²) < 4.78 is 33.4. The first-order valence-corrected chi connectivity index (χ1v) is 7.29. The van der Waals surface area contributed by atoms with Gasteiger partial charge in [-0.25, -0.2) is 13.5 Å². The molecule has 1 atom stereocenters. The molecule has 9 heteroatoms. The van der Waals surface area contributed by atoms with Crippen molar-refractivity contribution in [2.24, 2.45) is 0 Å². The lowest BCUT2D eigenvalue weighted by Crippen LogP contribution is -2.30. The molecule has 1 aromatic heterocycles. The van der Waals surface area contributed by atoms with Crippen molar-refractivity contribution in [1.82, 2.24) is 20.2 Å². The summed E-state index contributed by atoms with van der Waals surface area (Å²) in [5, 5.41) is 13.2. The number of tetrazole rings is 1. The molecule has 0 saturated heterocycles. The maximum atomic E-state index is 13.6. The molecular formula is C16H13F2N5O2. The molecule has 0 aliphatic carbocycles. The van der Waals surface area contributed by atoms with E-state index in [0.717, 1.165) is 17.8 Å². The first kappa shape index (κ1) is 16.5. The number of ether oxygens (including phenoxy) is 1. The van der Waals surface area contributed by atoms with E-state index in [1.807, 2.05) is 0 Å². The van der Waals surface area contributed by atoms with Crippen LogP contribution in [0.15, 0.2) is 48.8 Å². The van der Waals surface area contributed by atoms with Crippen LogP contribution < -0.4 is 10.1 Å². The van der Waals surface area contributed by atoms with Gasteiger partial charge in [0.25, 0.3) is 5.91 Å². The summed E-state index contributed by atoms with van der Waals surface area (Å²) in [6, 6.07) is 9.64. The molecule has 0 bridgehead atoms. The molecular weight excluding hydrogens is 332 g/mol. The third-order valence-corrected chi connectivity index (χ3v) is 3.32. The molecule has 25 heavy (non-hydrogen) atoms. The first-order valence-electron chi connectivity index (χ1n) is 7.29. The second-order valence-electron chi connectivity index (χ2n) is 5.12. The number of anilines is 1. The van der Waals surface area contributed by atoms with Crippen LogP contribution in [0.1, 0.15) is 6.92 Å². The van der Waals surface area contributed by atoms with Crippen molar-refractivity contribution < 1.29 is 18.3 Å². The SMILES string of the molecule is CC(Oc1ccc(-n2cnnn2)cc1)C(=O)Nc1ccc(F)cc1F. The molecule has 1 N–H and O–H groups in total. The van der Waals surface area contributed by atoms with Crippen LogP contribution in [0.4, 0.5) is 14.5 Å². The van der Waals surface area contributed by atoms with Crippen LogP contribution in [0.5, 0.6) is 5.75 Å². The van der Waals surface area contributed by atoms with E-state index in [4.69, 9.17) is 4.74 Å². The Bertz CT molecular complexity index is 869. The lowest BCUT2D eigenvalue weighted by atomic mass is 10.2. The van der Waals surface area contributed by atoms with Crippen molar-refractivity contribution in [3.8, 4) is 11.4 Å². The minimum absolute atomic E-state index is 0.115. The summed E-state index contributed by atoms with van der Waals surface area (Å²) in [6.07, 6.45) is 0.562. The predicted molar refractivity (Wildman–Crippen MR) is 84.2 cm³/mol. The van der Waals surface area contributed by atoms with Gasteiger partial charge in [0.1, 0.15) is 23.7 Å². The Labute approximate surface area is 141 Å². The van der Waals surface area contributed by atoms with Gasteiger partial charge >= 0.3 is 0 Å². The van der Waals surface area contributed by atoms with Gasteiger partial charge in [0.2, 0.25) is 0 Å². The molecule has 2 aromatic carbocycles. The molecule has 0 aliphatic heterocycles. The van der Waals surface area contributed by atoms with Gasteiger partial charge in [-0.2, -0.15) is 0 Å². The predicted octanol–water partition coefficient (Wildman–Crippen LogP) is 2.35. The highest BCUT2D eigenvalue weighted by molar-refractivity contribution is 5.94. The molecule has 7 nitrogen and oxygen atoms in total. The zero-order chi connectivity index (χ0) is 17.8. The second-order valence-corrected chi connectivity index (χ2v) is 5.12. The van der Waals surface area contributed by atoms with Crippen LogP contribution in [-0.4, -0.2) is 32.2 Å². The summed E-state index contributed by atoms with van der Waals surface area (Å²) in [4.78, 5) is 12.1. The summed E-state index contributed by atoms with van der Waals surface area (Å²) >= 11 is 0. The van der Waals surface area contributed by atoms with Gasteiger partial charge in [-0.15, -0.1) is 5.10 Å². The fraction of sp³-hybridized carbons (Fsp3) is 0.125. The molecule has 0 aliphatic rings. The van der Waals surface area contributed by atoms with E-state index in [1.54, 1.807) is 24.3 Å². The smallest absolute Gasteiger partial charge is 0.265 e. The number of nitrogens with one attached hydrogen (secondary N) is 1. The summed E-state index contributed by atoms with van der Waals surface area (Å²) in [6.45, 7) is 1.52. The van der Waals surface area contributed by atoms with Crippen LogP contribution in [0.2, 0.25) is 0 Å². The van der Waals surface area contributed by atoms with Gasteiger partial charge in [-0.05, 0) is 53.7 Å². The van der Waals surface area contributed by atoms with Crippen molar-refractivity contribution in [2.75, 3.05) is 5.32 Å². The molecule has 0 saturated carbocycles. The van der Waals surface area contributed by atoms with E-state index in [0.29, 0.717) is 11.8 Å². The Morgan fingerprint density at radius 3 is 2.60 bits per heavy atom. The van der Waals surface area contributed by atoms with Gasteiger partial charge in [-0.1, -0.05) is 0 Å². The fourth-order valence-corrected chi connectivity index (χ4v) is 2.04.